The highest BCUT2D eigenvalue weighted by atomic mass is 19.4. The number of hydrogen-bond donors (Lipinski definition) is 2. The second-order valence-corrected chi connectivity index (χ2v) is 4.70. The summed E-state index contributed by atoms with van der Waals surface area (Å²) in [7, 11) is 0. The van der Waals surface area contributed by atoms with Crippen LogP contribution in [0.5, 0.6) is 5.75 Å². The van der Waals surface area contributed by atoms with E-state index >= 15 is 0 Å². The Morgan fingerprint density at radius 1 is 1.10 bits per heavy atom. The van der Waals surface area contributed by atoms with Gasteiger partial charge in [-0.2, -0.15) is 13.2 Å². The first kappa shape index (κ1) is 15.2. The van der Waals surface area contributed by atoms with E-state index in [1.807, 2.05) is 0 Å². The van der Waals surface area contributed by atoms with Crippen LogP contribution in [0.1, 0.15) is 16.7 Å². The van der Waals surface area contributed by atoms with Crippen molar-refractivity contribution < 1.29 is 22.7 Å². The fourth-order valence-electron chi connectivity index (χ4n) is 1.96. The molecule has 0 aliphatic heterocycles. The Kier molecular flexibility index (Phi) is 4.06. The number of rotatable bonds is 3. The Balaban J connectivity index is 2.18. The largest absolute Gasteiger partial charge is 0.508 e. The molecule has 0 aliphatic rings. The molecule has 0 bridgehead atoms. The third kappa shape index (κ3) is 3.87. The van der Waals surface area contributed by atoms with Gasteiger partial charge in [0.05, 0.1) is 5.56 Å². The number of halogens is 4. The molecule has 112 valence electrons. The third-order valence-corrected chi connectivity index (χ3v) is 2.98. The maximum atomic E-state index is 13.3. The summed E-state index contributed by atoms with van der Waals surface area (Å²) in [4.78, 5) is 0. The van der Waals surface area contributed by atoms with Crippen molar-refractivity contribution in [2.24, 2.45) is 0 Å². The van der Waals surface area contributed by atoms with Gasteiger partial charge in [0.2, 0.25) is 0 Å². The molecule has 6 heteroatoms. The SMILES string of the molecule is Cc1cc(O)ccc1NCc1cc(F)cc(C(F)(F)F)c1. The predicted molar refractivity (Wildman–Crippen MR) is 71.6 cm³/mol. The normalized spacial score (nSPS) is 11.5. The number of alkyl halides is 3. The van der Waals surface area contributed by atoms with Crippen LogP contribution in [-0.4, -0.2) is 5.11 Å². The van der Waals surface area contributed by atoms with Gasteiger partial charge in [-0.1, -0.05) is 0 Å². The van der Waals surface area contributed by atoms with E-state index in [2.05, 4.69) is 5.32 Å². The zero-order chi connectivity index (χ0) is 15.6. The summed E-state index contributed by atoms with van der Waals surface area (Å²) in [5.74, 6) is -0.827. The molecule has 0 spiro atoms. The molecule has 0 aliphatic carbocycles. The van der Waals surface area contributed by atoms with E-state index in [0.717, 1.165) is 17.7 Å². The lowest BCUT2D eigenvalue weighted by atomic mass is 10.1. The van der Waals surface area contributed by atoms with E-state index in [0.29, 0.717) is 11.8 Å². The van der Waals surface area contributed by atoms with Crippen LogP contribution in [-0.2, 0) is 12.7 Å². The van der Waals surface area contributed by atoms with Crippen LogP contribution in [0.25, 0.3) is 0 Å². The fraction of sp³-hybridized carbons (Fsp3) is 0.200. The van der Waals surface area contributed by atoms with Gasteiger partial charge in [-0.05, 0) is 54.4 Å². The lowest BCUT2D eigenvalue weighted by Gasteiger charge is -2.12. The summed E-state index contributed by atoms with van der Waals surface area (Å²) < 4.78 is 51.1. The molecule has 0 saturated heterocycles. The van der Waals surface area contributed by atoms with Crippen molar-refractivity contribution >= 4 is 5.69 Å². The lowest BCUT2D eigenvalue weighted by molar-refractivity contribution is -0.137. The third-order valence-electron chi connectivity index (χ3n) is 2.98. The van der Waals surface area contributed by atoms with Crippen LogP contribution < -0.4 is 5.32 Å². The van der Waals surface area contributed by atoms with E-state index in [1.165, 1.54) is 12.1 Å². The highest BCUT2D eigenvalue weighted by molar-refractivity contribution is 5.53. The van der Waals surface area contributed by atoms with Crippen molar-refractivity contribution in [2.45, 2.75) is 19.6 Å². The molecule has 0 unspecified atom stereocenters. The van der Waals surface area contributed by atoms with Gasteiger partial charge >= 0.3 is 6.18 Å². The molecule has 21 heavy (non-hydrogen) atoms. The molecule has 0 saturated carbocycles. The average molecular weight is 299 g/mol. The topological polar surface area (TPSA) is 32.3 Å². The zero-order valence-electron chi connectivity index (χ0n) is 11.1. The number of aryl methyl sites for hydroxylation is 1. The summed E-state index contributed by atoms with van der Waals surface area (Å²) >= 11 is 0. The van der Waals surface area contributed by atoms with Crippen molar-refractivity contribution in [1.82, 2.24) is 0 Å². The quantitative estimate of drug-likeness (QED) is 0.647. The van der Waals surface area contributed by atoms with Crippen molar-refractivity contribution in [2.75, 3.05) is 5.32 Å². The highest BCUT2D eigenvalue weighted by Gasteiger charge is 2.31. The van der Waals surface area contributed by atoms with Crippen molar-refractivity contribution in [1.29, 1.82) is 0 Å². The first-order chi connectivity index (χ1) is 9.75. The van der Waals surface area contributed by atoms with Crippen molar-refractivity contribution in [3.8, 4) is 5.75 Å². The molecule has 0 fully saturated rings. The standard InChI is InChI=1S/C15H13F4NO/c1-9-4-13(21)2-3-14(9)20-8-10-5-11(15(17,18)19)7-12(16)6-10/h2-7,20-21H,8H2,1H3. The van der Waals surface area contributed by atoms with Gasteiger partial charge in [-0.15, -0.1) is 0 Å². The first-order valence-corrected chi connectivity index (χ1v) is 6.16. The van der Waals surface area contributed by atoms with E-state index in [1.54, 1.807) is 13.0 Å². The van der Waals surface area contributed by atoms with Crippen molar-refractivity contribution in [3.63, 3.8) is 0 Å². The smallest absolute Gasteiger partial charge is 0.416 e. The number of nitrogens with one attached hydrogen (secondary N) is 1. The molecule has 2 nitrogen and oxygen atoms in total. The molecule has 0 atom stereocenters. The van der Waals surface area contributed by atoms with Crippen LogP contribution in [0.15, 0.2) is 36.4 Å². The first-order valence-electron chi connectivity index (χ1n) is 6.16. The summed E-state index contributed by atoms with van der Waals surface area (Å²) in [6.45, 7) is 1.79. The van der Waals surface area contributed by atoms with Crippen LogP contribution in [0.4, 0.5) is 23.2 Å². The molecule has 2 aromatic carbocycles. The molecular formula is C15H13F4NO. The molecular weight excluding hydrogens is 286 g/mol. The number of aromatic hydroxyl groups is 1. The second kappa shape index (κ2) is 5.63. The minimum Gasteiger partial charge on any atom is -0.508 e. The Bertz CT molecular complexity index is 653. The lowest BCUT2D eigenvalue weighted by Crippen LogP contribution is -2.08. The minimum atomic E-state index is -4.58. The molecule has 2 N–H and O–H groups in total. The summed E-state index contributed by atoms with van der Waals surface area (Å²) in [5, 5.41) is 12.2. The Hall–Kier alpha value is -2.24. The summed E-state index contributed by atoms with van der Waals surface area (Å²) in [5.41, 5.74) is 0.574. The average Bonchev–Trinajstić information content (AvgIpc) is 2.36. The van der Waals surface area contributed by atoms with Gasteiger partial charge in [0.15, 0.2) is 0 Å². The van der Waals surface area contributed by atoms with Crippen LogP contribution in [0.2, 0.25) is 0 Å². The number of phenolic OH excluding ortho intramolecular Hbond substituents is 1. The number of anilines is 1. The monoisotopic (exact) mass is 299 g/mol. The van der Waals surface area contributed by atoms with E-state index < -0.39 is 17.6 Å². The number of hydrogen-bond acceptors (Lipinski definition) is 2. The van der Waals surface area contributed by atoms with Gasteiger partial charge in [0.1, 0.15) is 11.6 Å². The molecule has 2 rings (SSSR count). The van der Waals surface area contributed by atoms with Crippen LogP contribution in [0, 0.1) is 12.7 Å². The molecule has 2 aromatic rings. The molecule has 0 radical (unpaired) electrons. The second-order valence-electron chi connectivity index (χ2n) is 4.70. The maximum absolute atomic E-state index is 13.3. The minimum absolute atomic E-state index is 0.0481. The number of phenols is 1. The van der Waals surface area contributed by atoms with Crippen LogP contribution >= 0.6 is 0 Å². The van der Waals surface area contributed by atoms with E-state index in [4.69, 9.17) is 0 Å². The van der Waals surface area contributed by atoms with Gasteiger partial charge in [0, 0.05) is 12.2 Å². The maximum Gasteiger partial charge on any atom is 0.416 e. The number of benzene rings is 2. The Morgan fingerprint density at radius 3 is 2.43 bits per heavy atom. The van der Waals surface area contributed by atoms with E-state index in [9.17, 15) is 22.7 Å². The fourth-order valence-corrected chi connectivity index (χ4v) is 1.96. The predicted octanol–water partition coefficient (Wildman–Crippen LogP) is 4.47. The van der Waals surface area contributed by atoms with Gasteiger partial charge in [-0.3, -0.25) is 0 Å². The Labute approximate surface area is 119 Å². The molecule has 0 amide bonds. The molecule has 0 heterocycles. The highest BCUT2D eigenvalue weighted by Crippen LogP contribution is 2.30. The summed E-state index contributed by atoms with van der Waals surface area (Å²) in [6, 6.07) is 7.02. The Morgan fingerprint density at radius 2 is 1.81 bits per heavy atom. The molecule has 0 aromatic heterocycles. The van der Waals surface area contributed by atoms with E-state index in [-0.39, 0.29) is 17.9 Å². The van der Waals surface area contributed by atoms with Gasteiger partial charge in [-0.25, -0.2) is 4.39 Å². The zero-order valence-corrected chi connectivity index (χ0v) is 11.1. The van der Waals surface area contributed by atoms with Gasteiger partial charge in [0.25, 0.3) is 0 Å². The van der Waals surface area contributed by atoms with Crippen molar-refractivity contribution in [3.05, 3.63) is 58.9 Å². The van der Waals surface area contributed by atoms with Gasteiger partial charge < -0.3 is 10.4 Å². The summed E-state index contributed by atoms with van der Waals surface area (Å²) in [6.07, 6.45) is -4.58. The van der Waals surface area contributed by atoms with Crippen LogP contribution in [0.3, 0.4) is 0 Å².